The third-order valence-electron chi connectivity index (χ3n) is 2.90. The summed E-state index contributed by atoms with van der Waals surface area (Å²) in [6.45, 7) is 1.05. The summed E-state index contributed by atoms with van der Waals surface area (Å²) < 4.78 is 45.3. The Labute approximate surface area is 146 Å². The average Bonchev–Trinajstić information content (AvgIpc) is 2.53. The highest BCUT2D eigenvalue weighted by atomic mass is 19.4. The van der Waals surface area contributed by atoms with Crippen LogP contribution in [0, 0.1) is 0 Å². The number of carbonyl (C=O) groups is 2. The van der Waals surface area contributed by atoms with Gasteiger partial charge in [-0.15, -0.1) is 13.2 Å². The van der Waals surface area contributed by atoms with E-state index < -0.39 is 12.3 Å². The van der Waals surface area contributed by atoms with Crippen LogP contribution in [-0.4, -0.2) is 24.8 Å². The Hall–Kier alpha value is -3.23. The molecule has 0 aliphatic carbocycles. The van der Waals surface area contributed by atoms with Crippen LogP contribution < -0.4 is 20.1 Å². The Kier molecular flexibility index (Phi) is 6.05. The van der Waals surface area contributed by atoms with Crippen molar-refractivity contribution in [1.82, 2.24) is 0 Å². The lowest BCUT2D eigenvalue weighted by Crippen LogP contribution is -2.20. The van der Waals surface area contributed by atoms with E-state index in [2.05, 4.69) is 15.4 Å². The van der Waals surface area contributed by atoms with Crippen LogP contribution in [0.2, 0.25) is 0 Å². The predicted molar refractivity (Wildman–Crippen MR) is 88.0 cm³/mol. The number of benzene rings is 2. The van der Waals surface area contributed by atoms with Crippen LogP contribution in [0.5, 0.6) is 11.5 Å². The highest BCUT2D eigenvalue weighted by Crippen LogP contribution is 2.24. The fraction of sp³-hybridized carbons (Fsp3) is 0.176. The van der Waals surface area contributed by atoms with Gasteiger partial charge in [0, 0.05) is 24.4 Å². The van der Waals surface area contributed by atoms with Crippen molar-refractivity contribution in [3.63, 3.8) is 0 Å². The van der Waals surface area contributed by atoms with E-state index in [9.17, 15) is 22.8 Å². The molecule has 9 heteroatoms. The van der Waals surface area contributed by atoms with E-state index in [0.717, 1.165) is 12.1 Å². The van der Waals surface area contributed by atoms with Gasteiger partial charge in [0.1, 0.15) is 11.5 Å². The second-order valence-electron chi connectivity index (χ2n) is 5.12. The summed E-state index contributed by atoms with van der Waals surface area (Å²) in [5.74, 6) is -0.751. The molecule has 2 N–H and O–H groups in total. The van der Waals surface area contributed by atoms with Gasteiger partial charge in [0.25, 0.3) is 5.91 Å². The van der Waals surface area contributed by atoms with Gasteiger partial charge in [0.15, 0.2) is 6.61 Å². The van der Waals surface area contributed by atoms with Gasteiger partial charge in [0.05, 0.1) is 0 Å². The van der Waals surface area contributed by atoms with Gasteiger partial charge >= 0.3 is 6.36 Å². The summed E-state index contributed by atoms with van der Waals surface area (Å²) in [4.78, 5) is 22.9. The first-order valence-corrected chi connectivity index (χ1v) is 7.37. The molecule has 0 heterocycles. The van der Waals surface area contributed by atoms with Crippen LogP contribution in [0.4, 0.5) is 24.5 Å². The summed E-state index contributed by atoms with van der Waals surface area (Å²) in [5.41, 5.74) is 0.816. The highest BCUT2D eigenvalue weighted by molar-refractivity contribution is 5.92. The Balaban J connectivity index is 1.86. The van der Waals surface area contributed by atoms with Crippen molar-refractivity contribution in [1.29, 1.82) is 0 Å². The van der Waals surface area contributed by atoms with Crippen LogP contribution in [-0.2, 0) is 9.59 Å². The number of ether oxygens (including phenoxy) is 2. The largest absolute Gasteiger partial charge is 0.573 e. The summed E-state index contributed by atoms with van der Waals surface area (Å²) in [6.07, 6.45) is -4.77. The molecule has 2 aromatic carbocycles. The van der Waals surface area contributed by atoms with Crippen LogP contribution in [0.3, 0.4) is 0 Å². The Morgan fingerprint density at radius 3 is 2.27 bits per heavy atom. The van der Waals surface area contributed by atoms with Crippen LogP contribution in [0.15, 0.2) is 48.5 Å². The number of carbonyl (C=O) groups excluding carboxylic acids is 2. The molecule has 6 nitrogen and oxygen atoms in total. The molecule has 0 unspecified atom stereocenters. The number of rotatable bonds is 6. The van der Waals surface area contributed by atoms with E-state index in [-0.39, 0.29) is 18.3 Å². The first kappa shape index (κ1) is 19.1. The Bertz CT molecular complexity index is 776. The molecular formula is C17H15F3N2O4. The first-order valence-electron chi connectivity index (χ1n) is 7.37. The van der Waals surface area contributed by atoms with Crippen LogP contribution >= 0.6 is 0 Å². The smallest absolute Gasteiger partial charge is 0.484 e. The summed E-state index contributed by atoms with van der Waals surface area (Å²) in [5, 5.41) is 5.06. The fourth-order valence-corrected chi connectivity index (χ4v) is 1.95. The molecule has 0 bridgehead atoms. The molecule has 0 aliphatic heterocycles. The molecule has 0 saturated heterocycles. The standard InChI is InChI=1S/C17H15F3N2O4/c1-11(23)21-13-3-2-4-15(9-13)25-10-16(24)22-12-5-7-14(8-6-12)26-17(18,19)20/h2-9H,10H2,1H3,(H,21,23)(H,22,24). The maximum absolute atomic E-state index is 12.1. The molecular weight excluding hydrogens is 353 g/mol. The third-order valence-corrected chi connectivity index (χ3v) is 2.90. The van der Waals surface area contributed by atoms with Gasteiger partial charge in [-0.05, 0) is 36.4 Å². The van der Waals surface area contributed by atoms with Gasteiger partial charge < -0.3 is 20.1 Å². The molecule has 0 aromatic heterocycles. The molecule has 0 radical (unpaired) electrons. The lowest BCUT2D eigenvalue weighted by molar-refractivity contribution is -0.274. The SMILES string of the molecule is CC(=O)Nc1cccc(OCC(=O)Nc2ccc(OC(F)(F)F)cc2)c1. The monoisotopic (exact) mass is 368 g/mol. The molecule has 0 aliphatic rings. The second kappa shape index (κ2) is 8.24. The quantitative estimate of drug-likeness (QED) is 0.817. The molecule has 0 fully saturated rings. The van der Waals surface area contributed by atoms with E-state index >= 15 is 0 Å². The molecule has 0 spiro atoms. The van der Waals surface area contributed by atoms with Crippen molar-refractivity contribution < 1.29 is 32.2 Å². The lowest BCUT2D eigenvalue weighted by atomic mass is 10.3. The van der Waals surface area contributed by atoms with Gasteiger partial charge in [-0.3, -0.25) is 9.59 Å². The van der Waals surface area contributed by atoms with Gasteiger partial charge in [-0.2, -0.15) is 0 Å². The normalized spacial score (nSPS) is 10.8. The number of alkyl halides is 3. The molecule has 138 valence electrons. The second-order valence-corrected chi connectivity index (χ2v) is 5.12. The van der Waals surface area contributed by atoms with Crippen molar-refractivity contribution in [3.8, 4) is 11.5 Å². The zero-order valence-electron chi connectivity index (χ0n) is 13.6. The Morgan fingerprint density at radius 2 is 1.65 bits per heavy atom. The van der Waals surface area contributed by atoms with Gasteiger partial charge in [-0.1, -0.05) is 6.07 Å². The number of hydrogen-bond acceptors (Lipinski definition) is 4. The molecule has 2 rings (SSSR count). The van der Waals surface area contributed by atoms with Crippen molar-refractivity contribution in [2.75, 3.05) is 17.2 Å². The number of nitrogens with one attached hydrogen (secondary N) is 2. The maximum atomic E-state index is 12.1. The summed E-state index contributed by atoms with van der Waals surface area (Å²) in [7, 11) is 0. The maximum Gasteiger partial charge on any atom is 0.573 e. The zero-order valence-corrected chi connectivity index (χ0v) is 13.6. The van der Waals surface area contributed by atoms with Crippen LogP contribution in [0.25, 0.3) is 0 Å². The lowest BCUT2D eigenvalue weighted by Gasteiger charge is -2.11. The number of anilines is 2. The predicted octanol–water partition coefficient (Wildman–Crippen LogP) is 3.56. The molecule has 0 atom stereocenters. The number of hydrogen-bond donors (Lipinski definition) is 2. The van der Waals surface area contributed by atoms with E-state index in [4.69, 9.17) is 4.74 Å². The summed E-state index contributed by atoms with van der Waals surface area (Å²) in [6, 6.07) is 11.2. The van der Waals surface area contributed by atoms with Crippen molar-refractivity contribution >= 4 is 23.2 Å². The molecule has 2 amide bonds. The molecule has 0 saturated carbocycles. The summed E-state index contributed by atoms with van der Waals surface area (Å²) >= 11 is 0. The minimum Gasteiger partial charge on any atom is -0.484 e. The third kappa shape index (κ3) is 6.71. The van der Waals surface area contributed by atoms with Crippen molar-refractivity contribution in [2.24, 2.45) is 0 Å². The highest BCUT2D eigenvalue weighted by Gasteiger charge is 2.30. The molecule has 26 heavy (non-hydrogen) atoms. The molecule has 2 aromatic rings. The minimum absolute atomic E-state index is 0.238. The fourth-order valence-electron chi connectivity index (χ4n) is 1.95. The van der Waals surface area contributed by atoms with E-state index in [0.29, 0.717) is 17.1 Å². The van der Waals surface area contributed by atoms with Crippen LogP contribution in [0.1, 0.15) is 6.92 Å². The first-order chi connectivity index (χ1) is 12.2. The van der Waals surface area contributed by atoms with Crippen molar-refractivity contribution in [2.45, 2.75) is 13.3 Å². The number of halogens is 3. The minimum atomic E-state index is -4.77. The average molecular weight is 368 g/mol. The Morgan fingerprint density at radius 1 is 0.962 bits per heavy atom. The van der Waals surface area contributed by atoms with Gasteiger partial charge in [0.2, 0.25) is 5.91 Å². The van der Waals surface area contributed by atoms with Gasteiger partial charge in [-0.25, -0.2) is 0 Å². The number of amides is 2. The van der Waals surface area contributed by atoms with E-state index in [1.165, 1.54) is 19.1 Å². The topological polar surface area (TPSA) is 76.7 Å². The van der Waals surface area contributed by atoms with Crippen molar-refractivity contribution in [3.05, 3.63) is 48.5 Å². The van der Waals surface area contributed by atoms with E-state index in [1.807, 2.05) is 0 Å². The van der Waals surface area contributed by atoms with E-state index in [1.54, 1.807) is 24.3 Å². The zero-order chi connectivity index (χ0) is 19.2.